The van der Waals surface area contributed by atoms with Gasteiger partial charge in [0.25, 0.3) is 0 Å². The van der Waals surface area contributed by atoms with Crippen LogP contribution in [0.4, 0.5) is 0 Å². The lowest BCUT2D eigenvalue weighted by Crippen LogP contribution is -2.32. The normalized spacial score (nSPS) is 12.2. The molecule has 2 aromatic carbocycles. The van der Waals surface area contributed by atoms with E-state index >= 15 is 0 Å². The molecule has 0 radical (unpaired) electrons. The topological polar surface area (TPSA) is 97.6 Å². The van der Waals surface area contributed by atoms with Gasteiger partial charge in [-0.1, -0.05) is 24.3 Å². The van der Waals surface area contributed by atoms with Crippen LogP contribution in [0.15, 0.2) is 48.7 Å². The Hall–Kier alpha value is -2.83. The fourth-order valence-electron chi connectivity index (χ4n) is 2.83. The molecule has 3 rings (SSSR count). The van der Waals surface area contributed by atoms with E-state index in [0.29, 0.717) is 19.6 Å². The third kappa shape index (κ3) is 4.04. The number of fused-ring (bicyclic) bond motifs is 1. The van der Waals surface area contributed by atoms with Crippen molar-refractivity contribution in [2.45, 2.75) is 12.5 Å². The van der Waals surface area contributed by atoms with Gasteiger partial charge in [0.05, 0.1) is 6.61 Å². The van der Waals surface area contributed by atoms with Crippen molar-refractivity contribution in [1.82, 2.24) is 4.98 Å². The molecule has 0 aliphatic heterocycles. The molecule has 6 nitrogen and oxygen atoms in total. The van der Waals surface area contributed by atoms with E-state index in [9.17, 15) is 4.79 Å². The van der Waals surface area contributed by atoms with Gasteiger partial charge in [-0.15, -0.1) is 0 Å². The fraction of sp³-hybridized carbons (Fsp3) is 0.250. The van der Waals surface area contributed by atoms with E-state index in [1.54, 1.807) is 7.11 Å². The average molecular weight is 354 g/mol. The zero-order chi connectivity index (χ0) is 18.5. The van der Waals surface area contributed by atoms with Crippen LogP contribution in [0.25, 0.3) is 22.0 Å². The van der Waals surface area contributed by atoms with Crippen LogP contribution < -0.4 is 10.5 Å². The monoisotopic (exact) mass is 354 g/mol. The van der Waals surface area contributed by atoms with Gasteiger partial charge in [-0.2, -0.15) is 0 Å². The number of nitrogens with one attached hydrogen (secondary N) is 1. The van der Waals surface area contributed by atoms with Crippen molar-refractivity contribution in [3.63, 3.8) is 0 Å². The number of H-pyrrole nitrogens is 1. The maximum Gasteiger partial charge on any atom is 0.320 e. The first-order chi connectivity index (χ1) is 12.6. The maximum atomic E-state index is 10.9. The van der Waals surface area contributed by atoms with Crippen LogP contribution in [0, 0.1) is 0 Å². The molecule has 0 amide bonds. The molecule has 3 aromatic rings. The molecule has 1 aromatic heterocycles. The summed E-state index contributed by atoms with van der Waals surface area (Å²) < 4.78 is 10.7. The Labute approximate surface area is 151 Å². The predicted molar refractivity (Wildman–Crippen MR) is 100 cm³/mol. The third-order valence-electron chi connectivity index (χ3n) is 4.25. The second kappa shape index (κ2) is 8.03. The van der Waals surface area contributed by atoms with Crippen molar-refractivity contribution >= 4 is 16.9 Å². The standard InChI is InChI=1S/C20H22N2O4/c1-25-8-9-26-15-6-7-19-16(11-15)17(12-22-19)14-4-2-13(3-5-14)10-18(21)20(23)24/h2-7,11-12,18,22H,8-10,21H2,1H3,(H,23,24)/t18-/m0/s1. The minimum atomic E-state index is -0.994. The zero-order valence-corrected chi connectivity index (χ0v) is 14.6. The first kappa shape index (κ1) is 18.0. The van der Waals surface area contributed by atoms with Crippen LogP contribution in [-0.4, -0.2) is 42.4 Å². The molecule has 1 atom stereocenters. The van der Waals surface area contributed by atoms with Gasteiger partial charge in [-0.3, -0.25) is 4.79 Å². The van der Waals surface area contributed by atoms with Gasteiger partial charge in [-0.25, -0.2) is 0 Å². The highest BCUT2D eigenvalue weighted by atomic mass is 16.5. The van der Waals surface area contributed by atoms with E-state index in [1.165, 1.54) is 0 Å². The summed E-state index contributed by atoms with van der Waals surface area (Å²) in [5, 5.41) is 9.99. The van der Waals surface area contributed by atoms with Gasteiger partial charge < -0.3 is 25.3 Å². The van der Waals surface area contributed by atoms with Gasteiger partial charge >= 0.3 is 5.97 Å². The largest absolute Gasteiger partial charge is 0.491 e. The summed E-state index contributed by atoms with van der Waals surface area (Å²) in [4.78, 5) is 14.1. The Balaban J connectivity index is 1.83. The van der Waals surface area contributed by atoms with Gasteiger partial charge in [0.15, 0.2) is 0 Å². The number of methoxy groups -OCH3 is 1. The molecule has 0 bridgehead atoms. The SMILES string of the molecule is COCCOc1ccc2[nH]cc(-c3ccc(C[C@H](N)C(=O)O)cc3)c2c1. The molecule has 0 saturated carbocycles. The van der Waals surface area contributed by atoms with Crippen LogP contribution in [0.1, 0.15) is 5.56 Å². The van der Waals surface area contributed by atoms with Gasteiger partial charge in [0.2, 0.25) is 0 Å². The average Bonchev–Trinajstić information content (AvgIpc) is 3.06. The molecule has 4 N–H and O–H groups in total. The van der Waals surface area contributed by atoms with Crippen LogP contribution in [0.5, 0.6) is 5.75 Å². The Morgan fingerprint density at radius 2 is 1.96 bits per heavy atom. The molecular formula is C20H22N2O4. The van der Waals surface area contributed by atoms with E-state index in [2.05, 4.69) is 4.98 Å². The van der Waals surface area contributed by atoms with E-state index in [-0.39, 0.29) is 0 Å². The molecule has 6 heteroatoms. The van der Waals surface area contributed by atoms with Crippen molar-refractivity contribution in [2.24, 2.45) is 5.73 Å². The number of carboxylic acid groups (broad SMARTS) is 1. The first-order valence-corrected chi connectivity index (χ1v) is 8.39. The van der Waals surface area contributed by atoms with Crippen molar-refractivity contribution < 1.29 is 19.4 Å². The Morgan fingerprint density at radius 3 is 2.65 bits per heavy atom. The predicted octanol–water partition coefficient (Wildman–Crippen LogP) is 2.81. The van der Waals surface area contributed by atoms with Crippen molar-refractivity contribution in [3.8, 4) is 16.9 Å². The molecule has 0 spiro atoms. The molecular weight excluding hydrogens is 332 g/mol. The molecule has 136 valence electrons. The Bertz CT molecular complexity index is 886. The van der Waals surface area contributed by atoms with Gasteiger partial charge in [0, 0.05) is 29.8 Å². The molecule has 1 heterocycles. The lowest BCUT2D eigenvalue weighted by Gasteiger charge is -2.08. The molecule has 0 unspecified atom stereocenters. The molecule has 26 heavy (non-hydrogen) atoms. The number of nitrogens with two attached hydrogens (primary N) is 1. The number of carbonyl (C=O) groups is 1. The Kier molecular flexibility index (Phi) is 5.55. The summed E-state index contributed by atoms with van der Waals surface area (Å²) in [6, 6.07) is 12.8. The summed E-state index contributed by atoms with van der Waals surface area (Å²) >= 11 is 0. The molecule has 0 aliphatic carbocycles. The van der Waals surface area contributed by atoms with E-state index in [0.717, 1.165) is 33.3 Å². The quantitative estimate of drug-likeness (QED) is 0.541. The number of aliphatic carboxylic acids is 1. The van der Waals surface area contributed by atoms with E-state index in [1.807, 2.05) is 48.7 Å². The molecule has 0 aliphatic rings. The third-order valence-corrected chi connectivity index (χ3v) is 4.25. The first-order valence-electron chi connectivity index (χ1n) is 8.39. The second-order valence-corrected chi connectivity index (χ2v) is 6.10. The Morgan fingerprint density at radius 1 is 1.19 bits per heavy atom. The lowest BCUT2D eigenvalue weighted by atomic mass is 10.0. The number of hydrogen-bond acceptors (Lipinski definition) is 4. The summed E-state index contributed by atoms with van der Waals surface area (Å²) in [6.07, 6.45) is 2.27. The number of benzene rings is 2. The minimum absolute atomic E-state index is 0.307. The summed E-state index contributed by atoms with van der Waals surface area (Å²) in [7, 11) is 1.64. The minimum Gasteiger partial charge on any atom is -0.491 e. The fourth-order valence-corrected chi connectivity index (χ4v) is 2.83. The number of carboxylic acids is 1. The van der Waals surface area contributed by atoms with Gasteiger partial charge in [0.1, 0.15) is 18.4 Å². The number of aromatic amines is 1. The van der Waals surface area contributed by atoms with Gasteiger partial charge in [-0.05, 0) is 35.7 Å². The highest BCUT2D eigenvalue weighted by Crippen LogP contribution is 2.31. The number of aromatic nitrogens is 1. The zero-order valence-electron chi connectivity index (χ0n) is 14.6. The van der Waals surface area contributed by atoms with E-state index < -0.39 is 12.0 Å². The van der Waals surface area contributed by atoms with Crippen molar-refractivity contribution in [2.75, 3.05) is 20.3 Å². The summed E-state index contributed by atoms with van der Waals surface area (Å²) in [5.74, 6) is -0.203. The number of hydrogen-bond donors (Lipinski definition) is 3. The van der Waals surface area contributed by atoms with E-state index in [4.69, 9.17) is 20.3 Å². The summed E-state index contributed by atoms with van der Waals surface area (Å²) in [6.45, 7) is 1.04. The second-order valence-electron chi connectivity index (χ2n) is 6.10. The highest BCUT2D eigenvalue weighted by Gasteiger charge is 2.13. The van der Waals surface area contributed by atoms with Crippen LogP contribution >= 0.6 is 0 Å². The molecule has 0 fully saturated rings. The van der Waals surface area contributed by atoms with Crippen LogP contribution in [0.3, 0.4) is 0 Å². The number of ether oxygens (including phenoxy) is 2. The molecule has 0 saturated heterocycles. The van der Waals surface area contributed by atoms with Crippen molar-refractivity contribution in [3.05, 3.63) is 54.2 Å². The maximum absolute atomic E-state index is 10.9. The smallest absolute Gasteiger partial charge is 0.320 e. The lowest BCUT2D eigenvalue weighted by molar-refractivity contribution is -0.138. The highest BCUT2D eigenvalue weighted by molar-refractivity contribution is 5.96. The van der Waals surface area contributed by atoms with Crippen LogP contribution in [-0.2, 0) is 16.0 Å². The van der Waals surface area contributed by atoms with Crippen molar-refractivity contribution in [1.29, 1.82) is 0 Å². The number of rotatable bonds is 8. The summed E-state index contributed by atoms with van der Waals surface area (Å²) in [5.41, 5.74) is 9.62. The van der Waals surface area contributed by atoms with Crippen LogP contribution in [0.2, 0.25) is 0 Å².